The third-order valence-corrected chi connectivity index (χ3v) is 6.12. The first-order chi connectivity index (χ1) is 16.4. The minimum absolute atomic E-state index is 0.0843. The molecule has 0 radical (unpaired) electrons. The standard InChI is InChI=1S/C28H23N3O3/c1-18-11-13-22(14-12-18)31-27(33)24(26(32)29-28(31)34)15-21-17-30(25-10-6-5-9-23(21)25)16-20-8-4-3-7-19(20)2/h3-15,17H,16H2,1-2H3,(H,29,32,34)/b24-15-. The zero-order valence-electron chi connectivity index (χ0n) is 18.9. The van der Waals surface area contributed by atoms with E-state index in [1.54, 1.807) is 18.2 Å². The quantitative estimate of drug-likeness (QED) is 0.353. The summed E-state index contributed by atoms with van der Waals surface area (Å²) in [6.45, 7) is 4.65. The number of benzene rings is 3. The maximum absolute atomic E-state index is 13.3. The average molecular weight is 450 g/mol. The first-order valence-corrected chi connectivity index (χ1v) is 11.0. The number of carbonyl (C=O) groups excluding carboxylic acids is 3. The molecular weight excluding hydrogens is 426 g/mol. The zero-order chi connectivity index (χ0) is 23.8. The highest BCUT2D eigenvalue weighted by Gasteiger charge is 2.37. The van der Waals surface area contributed by atoms with Crippen LogP contribution in [-0.4, -0.2) is 22.4 Å². The minimum atomic E-state index is -0.752. The van der Waals surface area contributed by atoms with Crippen LogP contribution in [0.4, 0.5) is 10.5 Å². The lowest BCUT2D eigenvalue weighted by molar-refractivity contribution is -0.122. The van der Waals surface area contributed by atoms with Gasteiger partial charge in [0, 0.05) is 29.2 Å². The van der Waals surface area contributed by atoms with Crippen LogP contribution in [0, 0.1) is 13.8 Å². The van der Waals surface area contributed by atoms with Crippen molar-refractivity contribution in [1.82, 2.24) is 9.88 Å². The number of imide groups is 2. The number of hydrogen-bond donors (Lipinski definition) is 1. The molecule has 4 aromatic rings. The van der Waals surface area contributed by atoms with E-state index in [1.807, 2.05) is 61.7 Å². The van der Waals surface area contributed by atoms with Crippen molar-refractivity contribution in [3.05, 3.63) is 107 Å². The topological polar surface area (TPSA) is 71.4 Å². The second-order valence-corrected chi connectivity index (χ2v) is 8.45. The largest absolute Gasteiger partial charge is 0.342 e. The molecule has 5 rings (SSSR count). The van der Waals surface area contributed by atoms with E-state index in [0.717, 1.165) is 26.9 Å². The number of aryl methyl sites for hydroxylation is 2. The summed E-state index contributed by atoms with van der Waals surface area (Å²) in [5, 5.41) is 3.22. The van der Waals surface area contributed by atoms with Crippen molar-refractivity contribution in [2.45, 2.75) is 20.4 Å². The van der Waals surface area contributed by atoms with Gasteiger partial charge in [-0.05, 0) is 49.2 Å². The lowest BCUT2D eigenvalue weighted by atomic mass is 10.1. The molecular formula is C28H23N3O3. The third-order valence-electron chi connectivity index (χ3n) is 6.12. The van der Waals surface area contributed by atoms with Crippen LogP contribution in [0.1, 0.15) is 22.3 Å². The molecule has 6 heteroatoms. The van der Waals surface area contributed by atoms with Crippen LogP contribution in [0.25, 0.3) is 17.0 Å². The monoisotopic (exact) mass is 449 g/mol. The second-order valence-electron chi connectivity index (χ2n) is 8.45. The second kappa shape index (κ2) is 8.48. The summed E-state index contributed by atoms with van der Waals surface area (Å²) < 4.78 is 2.11. The Bertz CT molecular complexity index is 1480. The Hall–Kier alpha value is -4.45. The van der Waals surface area contributed by atoms with E-state index in [2.05, 4.69) is 28.9 Å². The first kappa shape index (κ1) is 21.4. The van der Waals surface area contributed by atoms with Gasteiger partial charge in [-0.1, -0.05) is 60.2 Å². The number of carbonyl (C=O) groups is 3. The molecule has 0 saturated carbocycles. The highest BCUT2D eigenvalue weighted by molar-refractivity contribution is 6.39. The van der Waals surface area contributed by atoms with Crippen molar-refractivity contribution in [3.63, 3.8) is 0 Å². The van der Waals surface area contributed by atoms with Crippen LogP contribution in [0.5, 0.6) is 0 Å². The smallest absolute Gasteiger partial charge is 0.335 e. The van der Waals surface area contributed by atoms with Crippen LogP contribution in [0.15, 0.2) is 84.6 Å². The Balaban J connectivity index is 1.57. The lowest BCUT2D eigenvalue weighted by Crippen LogP contribution is -2.54. The molecule has 0 unspecified atom stereocenters. The van der Waals surface area contributed by atoms with Crippen molar-refractivity contribution in [2.75, 3.05) is 4.90 Å². The molecule has 0 atom stereocenters. The van der Waals surface area contributed by atoms with Crippen molar-refractivity contribution in [3.8, 4) is 0 Å². The number of amides is 4. The summed E-state index contributed by atoms with van der Waals surface area (Å²) in [6.07, 6.45) is 3.51. The number of nitrogens with zero attached hydrogens (tertiary/aromatic N) is 2. The summed E-state index contributed by atoms with van der Waals surface area (Å²) >= 11 is 0. The van der Waals surface area contributed by atoms with Gasteiger partial charge in [0.15, 0.2) is 0 Å². The van der Waals surface area contributed by atoms with Crippen LogP contribution in [-0.2, 0) is 16.1 Å². The number of rotatable bonds is 4. The van der Waals surface area contributed by atoms with Crippen LogP contribution in [0.3, 0.4) is 0 Å². The number of fused-ring (bicyclic) bond motifs is 1. The first-order valence-electron chi connectivity index (χ1n) is 11.0. The number of barbiturate groups is 1. The molecule has 2 heterocycles. The molecule has 0 aliphatic carbocycles. The molecule has 1 aromatic heterocycles. The Morgan fingerprint density at radius 2 is 1.56 bits per heavy atom. The summed E-state index contributed by atoms with van der Waals surface area (Å²) in [4.78, 5) is 39.4. The Labute approximate surface area is 197 Å². The van der Waals surface area contributed by atoms with Crippen molar-refractivity contribution in [1.29, 1.82) is 0 Å². The van der Waals surface area contributed by atoms with E-state index in [4.69, 9.17) is 0 Å². The molecule has 1 aliphatic heterocycles. The molecule has 1 N–H and O–H groups in total. The number of aromatic nitrogens is 1. The lowest BCUT2D eigenvalue weighted by Gasteiger charge is -2.26. The molecule has 0 spiro atoms. The van der Waals surface area contributed by atoms with Crippen molar-refractivity contribution >= 4 is 40.5 Å². The van der Waals surface area contributed by atoms with Gasteiger partial charge in [0.25, 0.3) is 11.8 Å². The van der Waals surface area contributed by atoms with E-state index >= 15 is 0 Å². The number of hydrogen-bond acceptors (Lipinski definition) is 3. The maximum atomic E-state index is 13.3. The summed E-state index contributed by atoms with van der Waals surface area (Å²) in [6, 6.07) is 22.3. The van der Waals surface area contributed by atoms with E-state index in [0.29, 0.717) is 12.2 Å². The predicted octanol–water partition coefficient (Wildman–Crippen LogP) is 4.97. The van der Waals surface area contributed by atoms with E-state index < -0.39 is 17.8 Å². The Kier molecular flexibility index (Phi) is 5.34. The van der Waals surface area contributed by atoms with Gasteiger partial charge in [-0.2, -0.15) is 0 Å². The molecule has 3 aromatic carbocycles. The summed E-state index contributed by atoms with van der Waals surface area (Å²) in [5.41, 5.74) is 5.43. The fraction of sp³-hybridized carbons (Fsp3) is 0.107. The van der Waals surface area contributed by atoms with Crippen LogP contribution >= 0.6 is 0 Å². The van der Waals surface area contributed by atoms with Gasteiger partial charge >= 0.3 is 6.03 Å². The van der Waals surface area contributed by atoms with Gasteiger partial charge in [0.2, 0.25) is 0 Å². The number of nitrogens with one attached hydrogen (secondary N) is 1. The van der Waals surface area contributed by atoms with E-state index in [9.17, 15) is 14.4 Å². The van der Waals surface area contributed by atoms with Gasteiger partial charge in [0.05, 0.1) is 5.69 Å². The molecule has 34 heavy (non-hydrogen) atoms. The third kappa shape index (κ3) is 3.79. The van der Waals surface area contributed by atoms with Gasteiger partial charge in [-0.3, -0.25) is 14.9 Å². The van der Waals surface area contributed by atoms with Crippen molar-refractivity contribution < 1.29 is 14.4 Å². The molecule has 0 bridgehead atoms. The summed E-state index contributed by atoms with van der Waals surface area (Å²) in [7, 11) is 0. The van der Waals surface area contributed by atoms with Gasteiger partial charge in [0.1, 0.15) is 5.57 Å². The predicted molar refractivity (Wildman–Crippen MR) is 132 cm³/mol. The minimum Gasteiger partial charge on any atom is -0.342 e. The van der Waals surface area contributed by atoms with E-state index in [-0.39, 0.29) is 5.57 Å². The fourth-order valence-electron chi connectivity index (χ4n) is 4.23. The fourth-order valence-corrected chi connectivity index (χ4v) is 4.23. The maximum Gasteiger partial charge on any atom is 0.335 e. The number of anilines is 1. The van der Waals surface area contributed by atoms with Gasteiger partial charge in [-0.15, -0.1) is 0 Å². The zero-order valence-corrected chi connectivity index (χ0v) is 18.9. The SMILES string of the molecule is Cc1ccc(N2C(=O)NC(=O)/C(=C/c3cn(Cc4ccccc4C)c4ccccc34)C2=O)cc1. The average Bonchev–Trinajstić information content (AvgIpc) is 3.16. The molecule has 1 saturated heterocycles. The highest BCUT2D eigenvalue weighted by Crippen LogP contribution is 2.27. The van der Waals surface area contributed by atoms with Crippen LogP contribution < -0.4 is 10.2 Å². The Morgan fingerprint density at radius 1 is 0.853 bits per heavy atom. The van der Waals surface area contributed by atoms with E-state index in [1.165, 1.54) is 11.1 Å². The van der Waals surface area contributed by atoms with Crippen molar-refractivity contribution in [2.24, 2.45) is 0 Å². The molecule has 1 aliphatic rings. The Morgan fingerprint density at radius 3 is 2.32 bits per heavy atom. The normalized spacial score (nSPS) is 15.3. The number of para-hydroxylation sites is 1. The molecule has 1 fully saturated rings. The number of urea groups is 1. The highest BCUT2D eigenvalue weighted by atomic mass is 16.2. The summed E-state index contributed by atoms with van der Waals surface area (Å²) in [5.74, 6) is -1.34. The molecule has 168 valence electrons. The molecule has 4 amide bonds. The van der Waals surface area contributed by atoms with Crippen LogP contribution in [0.2, 0.25) is 0 Å². The molecule has 6 nitrogen and oxygen atoms in total. The van der Waals surface area contributed by atoms with Gasteiger partial charge in [-0.25, -0.2) is 9.69 Å². The van der Waals surface area contributed by atoms with Gasteiger partial charge < -0.3 is 4.57 Å².